The number of para-hydroxylation sites is 1. The summed E-state index contributed by atoms with van der Waals surface area (Å²) in [4.78, 5) is 15.2. The molecule has 0 fully saturated rings. The van der Waals surface area contributed by atoms with Gasteiger partial charge in [0, 0.05) is 22.6 Å². The Kier molecular flexibility index (Phi) is 4.47. The number of aryl methyl sites for hydroxylation is 1. The smallest absolute Gasteiger partial charge is 0.258 e. The molecular formula is C24H23N3O3. The van der Waals surface area contributed by atoms with Gasteiger partial charge in [0.05, 0.1) is 31.2 Å². The molecule has 1 amide bonds. The highest BCUT2D eigenvalue weighted by Crippen LogP contribution is 2.36. The quantitative estimate of drug-likeness (QED) is 0.505. The van der Waals surface area contributed by atoms with Crippen LogP contribution in [0.25, 0.3) is 0 Å². The number of nitrogens with one attached hydrogen (secondary N) is 1. The largest absolute Gasteiger partial charge is 0.467 e. The molecular weight excluding hydrogens is 378 g/mol. The number of benzene rings is 1. The Morgan fingerprint density at radius 2 is 1.63 bits per heavy atom. The van der Waals surface area contributed by atoms with Crippen LogP contribution in [-0.4, -0.2) is 15.4 Å². The number of hydrogen-bond donors (Lipinski definition) is 1. The molecule has 152 valence electrons. The molecule has 4 heterocycles. The number of anilines is 1. The molecule has 0 spiro atoms. The Hall–Kier alpha value is -3.67. The zero-order chi connectivity index (χ0) is 20.7. The van der Waals surface area contributed by atoms with Crippen LogP contribution in [-0.2, 0) is 13.1 Å². The molecule has 0 radical (unpaired) electrons. The third-order valence-electron chi connectivity index (χ3n) is 5.73. The van der Waals surface area contributed by atoms with Crippen molar-refractivity contribution < 1.29 is 13.6 Å². The van der Waals surface area contributed by atoms with Crippen LogP contribution < -0.4 is 5.32 Å². The van der Waals surface area contributed by atoms with E-state index in [1.54, 1.807) is 12.5 Å². The van der Waals surface area contributed by atoms with Crippen LogP contribution in [0.4, 0.5) is 5.69 Å². The summed E-state index contributed by atoms with van der Waals surface area (Å²) in [6.07, 6.45) is 3.03. The van der Waals surface area contributed by atoms with Gasteiger partial charge in [0.25, 0.3) is 5.91 Å². The lowest BCUT2D eigenvalue weighted by atomic mass is 10.0. The van der Waals surface area contributed by atoms with Gasteiger partial charge in [-0.1, -0.05) is 12.1 Å². The fourth-order valence-electron chi connectivity index (χ4n) is 4.18. The van der Waals surface area contributed by atoms with Crippen LogP contribution in [0.3, 0.4) is 0 Å². The van der Waals surface area contributed by atoms with Gasteiger partial charge in [-0.2, -0.15) is 0 Å². The molecule has 1 aromatic carbocycles. The van der Waals surface area contributed by atoms with Crippen LogP contribution in [0.5, 0.6) is 0 Å². The molecule has 1 aliphatic heterocycles. The van der Waals surface area contributed by atoms with Gasteiger partial charge in [-0.3, -0.25) is 4.79 Å². The molecule has 6 nitrogen and oxygen atoms in total. The van der Waals surface area contributed by atoms with Gasteiger partial charge in [-0.05, 0) is 56.3 Å². The van der Waals surface area contributed by atoms with Crippen molar-refractivity contribution in [3.05, 3.63) is 101 Å². The lowest BCUT2D eigenvalue weighted by Gasteiger charge is -2.37. The Labute approximate surface area is 174 Å². The van der Waals surface area contributed by atoms with E-state index in [2.05, 4.69) is 29.8 Å². The Bertz CT molecular complexity index is 1170. The molecule has 1 atom stereocenters. The first kappa shape index (κ1) is 18.4. The van der Waals surface area contributed by atoms with Crippen LogP contribution in [0, 0.1) is 13.8 Å². The number of amides is 1. The van der Waals surface area contributed by atoms with Crippen molar-refractivity contribution in [3.63, 3.8) is 0 Å². The molecule has 5 rings (SSSR count). The lowest BCUT2D eigenvalue weighted by molar-refractivity contribution is 0.0651. The zero-order valence-corrected chi connectivity index (χ0v) is 17.0. The molecule has 3 aromatic heterocycles. The van der Waals surface area contributed by atoms with E-state index < -0.39 is 0 Å². The summed E-state index contributed by atoms with van der Waals surface area (Å²) in [6.45, 7) is 5.21. The molecule has 0 bridgehead atoms. The van der Waals surface area contributed by atoms with Gasteiger partial charge in [0.15, 0.2) is 0 Å². The minimum Gasteiger partial charge on any atom is -0.467 e. The number of nitrogens with zero attached hydrogens (tertiary/aromatic N) is 2. The van der Waals surface area contributed by atoms with Crippen molar-refractivity contribution in [1.82, 2.24) is 9.47 Å². The van der Waals surface area contributed by atoms with Crippen LogP contribution in [0.2, 0.25) is 0 Å². The second-order valence-electron chi connectivity index (χ2n) is 7.60. The zero-order valence-electron chi connectivity index (χ0n) is 17.0. The Morgan fingerprint density at radius 3 is 2.33 bits per heavy atom. The molecule has 6 heteroatoms. The highest BCUT2D eigenvalue weighted by molar-refractivity contribution is 6.01. The minimum absolute atomic E-state index is 0.0124. The summed E-state index contributed by atoms with van der Waals surface area (Å²) < 4.78 is 13.3. The lowest BCUT2D eigenvalue weighted by Crippen LogP contribution is -2.42. The number of rotatable bonds is 5. The summed E-state index contributed by atoms with van der Waals surface area (Å²) in [5, 5.41) is 3.57. The SMILES string of the molecule is Cc1cc([C@H]2Nc3ccccc3C(=O)N2Cc2ccco2)c(C)n1Cc1ccco1. The van der Waals surface area contributed by atoms with E-state index >= 15 is 0 Å². The molecule has 0 saturated carbocycles. The maximum atomic E-state index is 13.4. The number of hydrogen-bond acceptors (Lipinski definition) is 4. The average molecular weight is 401 g/mol. The molecule has 4 aromatic rings. The van der Waals surface area contributed by atoms with E-state index in [4.69, 9.17) is 8.83 Å². The summed E-state index contributed by atoms with van der Waals surface area (Å²) in [7, 11) is 0. The van der Waals surface area contributed by atoms with Crippen LogP contribution >= 0.6 is 0 Å². The van der Waals surface area contributed by atoms with E-state index in [9.17, 15) is 4.79 Å². The van der Waals surface area contributed by atoms with E-state index in [0.29, 0.717) is 18.7 Å². The first-order valence-corrected chi connectivity index (χ1v) is 10.00. The fourth-order valence-corrected chi connectivity index (χ4v) is 4.18. The van der Waals surface area contributed by atoms with Gasteiger partial charge >= 0.3 is 0 Å². The second kappa shape index (κ2) is 7.30. The van der Waals surface area contributed by atoms with E-state index in [0.717, 1.165) is 34.2 Å². The molecule has 1 aliphatic rings. The standard InChI is InChI=1S/C24H23N3O3/c1-16-13-21(17(2)26(16)14-18-7-5-11-29-18)23-25-22-10-4-3-9-20(22)24(28)27(23)15-19-8-6-12-30-19/h3-13,23,25H,14-15H2,1-2H3/t23-/m0/s1. The predicted molar refractivity (Wildman–Crippen MR) is 113 cm³/mol. The van der Waals surface area contributed by atoms with Gasteiger partial charge in [-0.15, -0.1) is 0 Å². The summed E-state index contributed by atoms with van der Waals surface area (Å²) in [5.41, 5.74) is 4.79. The second-order valence-corrected chi connectivity index (χ2v) is 7.60. The third kappa shape index (κ3) is 3.10. The number of carbonyl (C=O) groups is 1. The average Bonchev–Trinajstić information content (AvgIpc) is 3.50. The van der Waals surface area contributed by atoms with Crippen LogP contribution in [0.1, 0.15) is 45.0 Å². The highest BCUT2D eigenvalue weighted by Gasteiger charge is 2.35. The Morgan fingerprint density at radius 1 is 0.933 bits per heavy atom. The third-order valence-corrected chi connectivity index (χ3v) is 5.73. The first-order valence-electron chi connectivity index (χ1n) is 10.00. The summed E-state index contributed by atoms with van der Waals surface area (Å²) >= 11 is 0. The van der Waals surface area contributed by atoms with E-state index in [1.165, 1.54) is 0 Å². The van der Waals surface area contributed by atoms with Crippen molar-refractivity contribution in [1.29, 1.82) is 0 Å². The van der Waals surface area contributed by atoms with Gasteiger partial charge in [-0.25, -0.2) is 0 Å². The van der Waals surface area contributed by atoms with Crippen molar-refractivity contribution in [2.24, 2.45) is 0 Å². The van der Waals surface area contributed by atoms with Crippen molar-refractivity contribution in [3.8, 4) is 0 Å². The maximum Gasteiger partial charge on any atom is 0.258 e. The van der Waals surface area contributed by atoms with Crippen molar-refractivity contribution >= 4 is 11.6 Å². The number of furan rings is 2. The Balaban J connectivity index is 1.56. The van der Waals surface area contributed by atoms with Crippen molar-refractivity contribution in [2.45, 2.75) is 33.1 Å². The number of aromatic nitrogens is 1. The summed E-state index contributed by atoms with van der Waals surface area (Å²) in [6, 6.07) is 17.4. The molecule has 0 saturated heterocycles. The molecule has 0 aliphatic carbocycles. The molecule has 30 heavy (non-hydrogen) atoms. The molecule has 1 N–H and O–H groups in total. The topological polar surface area (TPSA) is 63.6 Å². The monoisotopic (exact) mass is 401 g/mol. The summed E-state index contributed by atoms with van der Waals surface area (Å²) in [5.74, 6) is 1.63. The minimum atomic E-state index is -0.297. The fraction of sp³-hybridized carbons (Fsp3) is 0.208. The van der Waals surface area contributed by atoms with Gasteiger partial charge < -0.3 is 23.6 Å². The number of fused-ring (bicyclic) bond motifs is 1. The molecule has 0 unspecified atom stereocenters. The van der Waals surface area contributed by atoms with Gasteiger partial charge in [0.2, 0.25) is 0 Å². The maximum absolute atomic E-state index is 13.4. The van der Waals surface area contributed by atoms with E-state index in [-0.39, 0.29) is 12.1 Å². The first-order chi connectivity index (χ1) is 14.6. The predicted octanol–water partition coefficient (Wildman–Crippen LogP) is 5.11. The normalized spacial score (nSPS) is 15.9. The number of carbonyl (C=O) groups excluding carboxylic acids is 1. The van der Waals surface area contributed by atoms with Gasteiger partial charge in [0.1, 0.15) is 17.7 Å². The van der Waals surface area contributed by atoms with E-state index in [1.807, 2.05) is 53.4 Å². The highest BCUT2D eigenvalue weighted by atomic mass is 16.3. The van der Waals surface area contributed by atoms with Crippen molar-refractivity contribution in [2.75, 3.05) is 5.32 Å². The van der Waals surface area contributed by atoms with Crippen LogP contribution in [0.15, 0.2) is 76.0 Å².